The van der Waals surface area contributed by atoms with Crippen LogP contribution in [0.15, 0.2) is 35.8 Å². The fraction of sp³-hybridized carbons (Fsp3) is 0.683. The number of nitrogens with one attached hydrogen (secondary N) is 2. The number of nitrogens with zero attached hydrogens (tertiary/aromatic N) is 8. The molecular weight excluding hydrogens is 1100 g/mol. The van der Waals surface area contributed by atoms with Gasteiger partial charge in [-0.05, 0) is 145 Å². The van der Waals surface area contributed by atoms with Crippen LogP contribution in [0, 0.1) is 22.7 Å². The van der Waals surface area contributed by atoms with Crippen LogP contribution in [-0.2, 0) is 52.8 Å². The number of pyridine rings is 1. The molecule has 3 amide bonds. The SMILES string of the molecule is CO[C@@H](C)c1ncc([C@@H]2CCN3CCOC[C@@H]3C2)cc1-c1c2c3cc(ccc3n1CC(F)(F)F)-c1csc(n1)C[C@H](NC(=O)[C@H](C1CCCC1)N1CC[C@]3(CCN(C(=O)[C@H]4[C@@H](C5CC5)N4C)C3)C1)C(=O)N1CCC[C@H](N1)C(=O)OCC(C)(C)C2. The molecule has 21 heteroatoms. The highest BCUT2D eigenvalue weighted by Crippen LogP contribution is 2.49. The Kier molecular flexibility index (Phi) is 15.8. The number of methoxy groups -OCH3 is 1. The van der Waals surface area contributed by atoms with E-state index in [4.69, 9.17) is 24.2 Å². The number of cyclic esters (lactones) is 1. The Balaban J connectivity index is 0.843. The number of piperidine rings is 1. The largest absolute Gasteiger partial charge is 0.464 e. The second kappa shape index (κ2) is 22.9. The third-order valence-corrected chi connectivity index (χ3v) is 21.5. The molecular formula is C63H83F3N10O7S. The van der Waals surface area contributed by atoms with E-state index in [1.807, 2.05) is 50.5 Å². The average molecular weight is 1180 g/mol. The second-order valence-electron chi connectivity index (χ2n) is 27.1. The lowest BCUT2D eigenvalue weighted by atomic mass is 9.82. The summed E-state index contributed by atoms with van der Waals surface area (Å²) in [6, 6.07) is 5.75. The number of likely N-dealkylation sites (N-methyl/N-ethyl adjacent to an activating group) is 1. The number of carbonyl (C=O) groups is 4. The Bertz CT molecular complexity index is 3160. The Labute approximate surface area is 494 Å². The number of amides is 3. The fourth-order valence-electron chi connectivity index (χ4n) is 15.9. The molecule has 13 rings (SSSR count). The summed E-state index contributed by atoms with van der Waals surface area (Å²) in [5.74, 6) is -0.0108. The van der Waals surface area contributed by atoms with Gasteiger partial charge >= 0.3 is 12.1 Å². The average Bonchev–Trinajstić information content (AvgIpc) is 1.72. The summed E-state index contributed by atoms with van der Waals surface area (Å²) in [5, 5.41) is 7.88. The van der Waals surface area contributed by atoms with Crippen molar-refractivity contribution >= 4 is 45.9 Å². The Morgan fingerprint density at radius 2 is 1.80 bits per heavy atom. The van der Waals surface area contributed by atoms with Crippen molar-refractivity contribution in [1.29, 1.82) is 0 Å². The number of likely N-dealkylation sites (tertiary alicyclic amines) is 2. The minimum absolute atomic E-state index is 0.0135. The number of fused-ring (bicyclic) bond motifs is 7. The molecule has 1 aromatic carbocycles. The zero-order valence-electron chi connectivity index (χ0n) is 49.4. The molecule has 8 fully saturated rings. The van der Waals surface area contributed by atoms with Crippen molar-refractivity contribution in [2.24, 2.45) is 22.7 Å². The maximum absolute atomic E-state index is 15.3. The van der Waals surface area contributed by atoms with E-state index >= 15 is 22.8 Å². The van der Waals surface area contributed by atoms with Gasteiger partial charge in [0.15, 0.2) is 0 Å². The number of benzene rings is 1. The van der Waals surface area contributed by atoms with Crippen molar-refractivity contribution in [3.63, 3.8) is 0 Å². The van der Waals surface area contributed by atoms with Crippen LogP contribution in [0.1, 0.15) is 132 Å². The Hall–Kier alpha value is -5.03. The lowest BCUT2D eigenvalue weighted by Crippen LogP contribution is -2.62. The first-order valence-electron chi connectivity index (χ1n) is 31.1. The van der Waals surface area contributed by atoms with E-state index < -0.39 is 48.3 Å². The monoisotopic (exact) mass is 1180 g/mol. The van der Waals surface area contributed by atoms with Crippen molar-refractivity contribution in [1.82, 2.24) is 49.9 Å². The van der Waals surface area contributed by atoms with E-state index in [-0.39, 0.29) is 66.5 Å². The first kappa shape index (κ1) is 58.0. The van der Waals surface area contributed by atoms with Gasteiger partial charge < -0.3 is 29.0 Å². The van der Waals surface area contributed by atoms with Crippen molar-refractivity contribution < 1.29 is 46.6 Å². The first-order chi connectivity index (χ1) is 40.3. The number of ether oxygens (including phenoxy) is 3. The quantitative estimate of drug-likeness (QED) is 0.110. The number of rotatable bonds is 11. The summed E-state index contributed by atoms with van der Waals surface area (Å²) >= 11 is 1.37. The fourth-order valence-corrected chi connectivity index (χ4v) is 16.8. The van der Waals surface area contributed by atoms with Crippen LogP contribution in [0.4, 0.5) is 13.2 Å². The third-order valence-electron chi connectivity index (χ3n) is 20.6. The molecule has 2 N–H and O–H groups in total. The molecule has 6 bridgehead atoms. The van der Waals surface area contributed by atoms with Crippen LogP contribution < -0.4 is 10.7 Å². The van der Waals surface area contributed by atoms with Gasteiger partial charge in [-0.25, -0.2) is 10.4 Å². The van der Waals surface area contributed by atoms with Crippen LogP contribution in [0.5, 0.6) is 0 Å². The molecule has 17 nitrogen and oxygen atoms in total. The Morgan fingerprint density at radius 3 is 2.58 bits per heavy atom. The molecule has 1 spiro atoms. The van der Waals surface area contributed by atoms with Gasteiger partial charge in [-0.15, -0.1) is 11.3 Å². The van der Waals surface area contributed by atoms with Gasteiger partial charge in [0, 0.05) is 103 Å². The molecule has 1 unspecified atom stereocenters. The van der Waals surface area contributed by atoms with Crippen molar-refractivity contribution in [3.05, 3.63) is 57.7 Å². The Morgan fingerprint density at radius 1 is 0.988 bits per heavy atom. The lowest BCUT2D eigenvalue weighted by Gasteiger charge is -2.42. The molecule has 6 saturated heterocycles. The molecule has 0 radical (unpaired) electrons. The van der Waals surface area contributed by atoms with E-state index in [0.29, 0.717) is 107 Å². The van der Waals surface area contributed by atoms with Crippen LogP contribution in [0.2, 0.25) is 0 Å². The molecule has 2 saturated carbocycles. The number of halogens is 3. The second-order valence-corrected chi connectivity index (χ2v) is 28.1. The number of morpholine rings is 1. The molecule has 2 aliphatic carbocycles. The lowest BCUT2D eigenvalue weighted by molar-refractivity contribution is -0.155. The highest BCUT2D eigenvalue weighted by molar-refractivity contribution is 7.10. The first-order valence-corrected chi connectivity index (χ1v) is 32.0. The predicted molar refractivity (Wildman–Crippen MR) is 311 cm³/mol. The van der Waals surface area contributed by atoms with E-state index in [1.54, 1.807) is 13.2 Å². The smallest absolute Gasteiger partial charge is 0.406 e. The summed E-state index contributed by atoms with van der Waals surface area (Å²) in [4.78, 5) is 77.9. The number of hydrogen-bond donors (Lipinski definition) is 2. The summed E-state index contributed by atoms with van der Waals surface area (Å²) < 4.78 is 65.2. The summed E-state index contributed by atoms with van der Waals surface area (Å²) in [6.45, 7) is 10.7. The van der Waals surface area contributed by atoms with Gasteiger partial charge in [0.1, 0.15) is 24.7 Å². The van der Waals surface area contributed by atoms with E-state index in [0.717, 1.165) is 83.1 Å². The topological polar surface area (TPSA) is 167 Å². The molecule has 4 aromatic rings. The van der Waals surface area contributed by atoms with E-state index in [2.05, 4.69) is 37.4 Å². The number of carbonyl (C=O) groups excluding carboxylic acids is 4. The zero-order valence-corrected chi connectivity index (χ0v) is 50.2. The summed E-state index contributed by atoms with van der Waals surface area (Å²) in [7, 11) is 3.65. The minimum Gasteiger partial charge on any atom is -0.464 e. The highest BCUT2D eigenvalue weighted by Gasteiger charge is 2.59. The third kappa shape index (κ3) is 11.6. The van der Waals surface area contributed by atoms with Gasteiger partial charge in [-0.2, -0.15) is 13.2 Å². The van der Waals surface area contributed by atoms with Crippen LogP contribution in [0.3, 0.4) is 0 Å². The number of thiazole rings is 1. The number of aromatic nitrogens is 3. The molecule has 10 heterocycles. The predicted octanol–water partition coefficient (Wildman–Crippen LogP) is 7.90. The summed E-state index contributed by atoms with van der Waals surface area (Å²) in [5.41, 5.74) is 7.06. The maximum atomic E-state index is 15.3. The number of esters is 1. The van der Waals surface area contributed by atoms with Gasteiger partial charge in [0.05, 0.1) is 54.1 Å². The molecule has 454 valence electrons. The number of hydrazine groups is 1. The minimum atomic E-state index is -4.60. The maximum Gasteiger partial charge on any atom is 0.406 e. The molecule has 3 aromatic heterocycles. The normalized spacial score (nSPS) is 30.6. The molecule has 7 aliphatic heterocycles. The van der Waals surface area contributed by atoms with Gasteiger partial charge in [0.25, 0.3) is 5.91 Å². The van der Waals surface area contributed by atoms with Crippen LogP contribution >= 0.6 is 11.3 Å². The van der Waals surface area contributed by atoms with Gasteiger partial charge in [-0.3, -0.25) is 43.9 Å². The standard InChI is InChI=1S/C63H83F3N10O7S/c1-37(81-5)52-45(27-42(30-67-52)40-16-20-72-23-24-82-31-43(72)25-40)55-46-29-61(2,3)36-83-60(80)47-11-8-19-76(70-47)58(78)48(28-51-68-49(32-84-51)41-14-15-50(44(46)26-41)75(55)35-63(64,65)66)69-57(77)54(38-9-6-7-10-38)73-21-17-62(33-73)18-22-74(34-62)59(79)56-53(71(56)4)39-12-13-39/h14-15,26-27,30,32,37-40,43,47-48,53-54,56,70H,6-13,16-25,28-29,31,33-36H2,1-5H3,(H,69,77)/t37-,40+,43-,47-,48-,53+,54-,56+,62-,71?/m0/s1. The number of alkyl halides is 3. The van der Waals surface area contributed by atoms with E-state index in [1.165, 1.54) is 33.8 Å². The van der Waals surface area contributed by atoms with Gasteiger partial charge in [-0.1, -0.05) is 32.8 Å². The number of hydrogen-bond acceptors (Lipinski definition) is 14. The van der Waals surface area contributed by atoms with Crippen molar-refractivity contribution in [2.45, 2.75) is 172 Å². The molecule has 84 heavy (non-hydrogen) atoms. The highest BCUT2D eigenvalue weighted by atomic mass is 32.1. The van der Waals surface area contributed by atoms with E-state index in [9.17, 15) is 9.59 Å². The van der Waals surface area contributed by atoms with Crippen molar-refractivity contribution in [3.8, 4) is 22.5 Å². The van der Waals surface area contributed by atoms with Gasteiger partial charge in [0.2, 0.25) is 11.8 Å². The molecule has 9 aliphatic rings. The van der Waals surface area contributed by atoms with Crippen LogP contribution in [0.25, 0.3) is 33.4 Å². The van der Waals surface area contributed by atoms with Crippen LogP contribution in [-0.4, -0.2) is 185 Å². The zero-order chi connectivity index (χ0) is 58.4. The van der Waals surface area contributed by atoms with Crippen molar-refractivity contribution in [2.75, 3.05) is 79.8 Å². The molecule has 10 atom stereocenters. The summed E-state index contributed by atoms with van der Waals surface area (Å²) in [6.07, 6.45) is 7.72.